The summed E-state index contributed by atoms with van der Waals surface area (Å²) in [6.07, 6.45) is 0. The minimum atomic E-state index is 0.1000. The first-order valence-corrected chi connectivity index (χ1v) is 6.93. The van der Waals surface area contributed by atoms with Crippen molar-refractivity contribution in [3.8, 4) is 0 Å². The van der Waals surface area contributed by atoms with E-state index in [1.807, 2.05) is 43.4 Å². The van der Waals surface area contributed by atoms with Gasteiger partial charge in [0, 0.05) is 23.6 Å². The fourth-order valence-electron chi connectivity index (χ4n) is 1.98. The summed E-state index contributed by atoms with van der Waals surface area (Å²) in [6, 6.07) is 15.9. The van der Waals surface area contributed by atoms with Crippen molar-refractivity contribution in [2.75, 3.05) is 11.9 Å². The average molecular weight is 334 g/mol. The van der Waals surface area contributed by atoms with E-state index >= 15 is 0 Å². The van der Waals surface area contributed by atoms with Gasteiger partial charge in [-0.3, -0.25) is 0 Å². The van der Waals surface area contributed by atoms with Gasteiger partial charge in [0.15, 0.2) is 5.84 Å². The van der Waals surface area contributed by atoms with Crippen molar-refractivity contribution in [1.82, 2.24) is 0 Å². The number of nitrogens with two attached hydrogens (primary N) is 1. The number of hydrogen-bond donors (Lipinski definition) is 2. The van der Waals surface area contributed by atoms with Crippen molar-refractivity contribution < 1.29 is 5.21 Å². The predicted molar refractivity (Wildman–Crippen MR) is 85.2 cm³/mol. The highest BCUT2D eigenvalue weighted by Crippen LogP contribution is 2.27. The Morgan fingerprint density at radius 1 is 1.25 bits per heavy atom. The molecule has 5 heteroatoms. The highest BCUT2D eigenvalue weighted by atomic mass is 79.9. The Balaban J connectivity index is 2.20. The van der Waals surface area contributed by atoms with Crippen LogP contribution in [0, 0.1) is 0 Å². The van der Waals surface area contributed by atoms with Crippen molar-refractivity contribution in [1.29, 1.82) is 0 Å². The fraction of sp³-hybridized carbons (Fsp3) is 0.133. The van der Waals surface area contributed by atoms with Crippen molar-refractivity contribution in [3.05, 3.63) is 64.1 Å². The molecule has 0 unspecified atom stereocenters. The molecule has 0 spiro atoms. The minimum Gasteiger partial charge on any atom is -0.409 e. The van der Waals surface area contributed by atoms with E-state index in [1.165, 1.54) is 5.56 Å². The van der Waals surface area contributed by atoms with Crippen LogP contribution >= 0.6 is 15.9 Å². The maximum Gasteiger partial charge on any atom is 0.170 e. The summed E-state index contributed by atoms with van der Waals surface area (Å²) in [5.74, 6) is 0.1000. The molecule has 0 bridgehead atoms. The van der Waals surface area contributed by atoms with Gasteiger partial charge < -0.3 is 15.8 Å². The van der Waals surface area contributed by atoms with Crippen LogP contribution in [0.2, 0.25) is 0 Å². The van der Waals surface area contributed by atoms with E-state index in [1.54, 1.807) is 0 Å². The van der Waals surface area contributed by atoms with Crippen LogP contribution < -0.4 is 10.6 Å². The zero-order valence-corrected chi connectivity index (χ0v) is 12.7. The van der Waals surface area contributed by atoms with Crippen molar-refractivity contribution in [2.45, 2.75) is 6.54 Å². The number of benzene rings is 2. The van der Waals surface area contributed by atoms with E-state index in [0.29, 0.717) is 5.56 Å². The van der Waals surface area contributed by atoms with Gasteiger partial charge in [-0.25, -0.2) is 0 Å². The molecule has 0 amide bonds. The smallest absolute Gasteiger partial charge is 0.170 e. The van der Waals surface area contributed by atoms with Gasteiger partial charge in [0.2, 0.25) is 0 Å². The quantitative estimate of drug-likeness (QED) is 0.391. The van der Waals surface area contributed by atoms with Crippen LogP contribution in [-0.4, -0.2) is 18.1 Å². The Kier molecular flexibility index (Phi) is 4.63. The monoisotopic (exact) mass is 333 g/mol. The lowest BCUT2D eigenvalue weighted by Gasteiger charge is -2.21. The summed E-state index contributed by atoms with van der Waals surface area (Å²) in [5, 5.41) is 11.7. The molecule has 0 fully saturated rings. The molecule has 0 aromatic heterocycles. The molecule has 2 aromatic carbocycles. The standard InChI is InChI=1S/C15H16BrN3O/c1-19(10-11-5-3-2-4-6-11)14-8-7-12(9-13(14)16)15(17)18-20/h2-9,20H,10H2,1H3,(H2,17,18). The first kappa shape index (κ1) is 14.4. The third-order valence-corrected chi connectivity index (χ3v) is 3.66. The van der Waals surface area contributed by atoms with E-state index < -0.39 is 0 Å². The molecule has 0 aliphatic heterocycles. The topological polar surface area (TPSA) is 61.8 Å². The minimum absolute atomic E-state index is 0.1000. The summed E-state index contributed by atoms with van der Waals surface area (Å²) in [6.45, 7) is 0.808. The molecule has 2 aromatic rings. The number of oxime groups is 1. The fourth-order valence-corrected chi connectivity index (χ4v) is 2.66. The first-order chi connectivity index (χ1) is 9.61. The second-order valence-electron chi connectivity index (χ2n) is 4.49. The molecule has 104 valence electrons. The zero-order valence-electron chi connectivity index (χ0n) is 11.1. The Bertz CT molecular complexity index is 614. The second-order valence-corrected chi connectivity index (χ2v) is 5.35. The van der Waals surface area contributed by atoms with Gasteiger partial charge in [-0.2, -0.15) is 0 Å². The molecule has 4 nitrogen and oxygen atoms in total. The Hall–Kier alpha value is -2.01. The van der Waals surface area contributed by atoms with Crippen LogP contribution in [0.3, 0.4) is 0 Å². The molecular weight excluding hydrogens is 318 g/mol. The van der Waals surface area contributed by atoms with Gasteiger partial charge in [0.25, 0.3) is 0 Å². The number of rotatable bonds is 4. The van der Waals surface area contributed by atoms with Gasteiger partial charge in [0.1, 0.15) is 0 Å². The number of anilines is 1. The molecule has 0 saturated carbocycles. The van der Waals surface area contributed by atoms with Crippen LogP contribution in [0.15, 0.2) is 58.2 Å². The van der Waals surface area contributed by atoms with Gasteiger partial charge in [-0.15, -0.1) is 0 Å². The lowest BCUT2D eigenvalue weighted by atomic mass is 10.1. The lowest BCUT2D eigenvalue weighted by Crippen LogP contribution is -2.18. The van der Waals surface area contributed by atoms with Crippen LogP contribution in [0.5, 0.6) is 0 Å². The molecular formula is C15H16BrN3O. The third-order valence-electron chi connectivity index (χ3n) is 3.02. The largest absolute Gasteiger partial charge is 0.409 e. The van der Waals surface area contributed by atoms with E-state index in [-0.39, 0.29) is 5.84 Å². The summed E-state index contributed by atoms with van der Waals surface area (Å²) in [5.41, 5.74) is 8.54. The SMILES string of the molecule is CN(Cc1ccccc1)c1ccc(/C(N)=N/O)cc1Br. The Morgan fingerprint density at radius 3 is 2.55 bits per heavy atom. The van der Waals surface area contributed by atoms with Crippen molar-refractivity contribution in [3.63, 3.8) is 0 Å². The number of amidine groups is 1. The third kappa shape index (κ3) is 3.30. The van der Waals surface area contributed by atoms with Crippen LogP contribution in [0.1, 0.15) is 11.1 Å². The molecule has 0 heterocycles. The van der Waals surface area contributed by atoms with Crippen molar-refractivity contribution in [2.24, 2.45) is 10.9 Å². The van der Waals surface area contributed by atoms with Gasteiger partial charge in [-0.05, 0) is 39.7 Å². The molecule has 0 radical (unpaired) electrons. The van der Waals surface area contributed by atoms with E-state index in [2.05, 4.69) is 38.1 Å². The molecule has 0 aliphatic rings. The first-order valence-electron chi connectivity index (χ1n) is 6.14. The number of nitrogens with zero attached hydrogens (tertiary/aromatic N) is 2. The maximum absolute atomic E-state index is 8.69. The van der Waals surface area contributed by atoms with E-state index in [9.17, 15) is 0 Å². The zero-order chi connectivity index (χ0) is 14.5. The van der Waals surface area contributed by atoms with Crippen molar-refractivity contribution >= 4 is 27.5 Å². The lowest BCUT2D eigenvalue weighted by molar-refractivity contribution is 0.318. The van der Waals surface area contributed by atoms with E-state index in [0.717, 1.165) is 16.7 Å². The highest BCUT2D eigenvalue weighted by Gasteiger charge is 2.09. The Morgan fingerprint density at radius 2 is 1.95 bits per heavy atom. The summed E-state index contributed by atoms with van der Waals surface area (Å²) in [4.78, 5) is 2.13. The van der Waals surface area contributed by atoms with Gasteiger partial charge in [-0.1, -0.05) is 35.5 Å². The summed E-state index contributed by atoms with van der Waals surface area (Å²) < 4.78 is 0.903. The predicted octanol–water partition coefficient (Wildman–Crippen LogP) is 3.18. The number of halogens is 1. The van der Waals surface area contributed by atoms with Crippen LogP contribution in [0.25, 0.3) is 0 Å². The second kappa shape index (κ2) is 6.43. The van der Waals surface area contributed by atoms with Gasteiger partial charge >= 0.3 is 0 Å². The molecule has 3 N–H and O–H groups in total. The van der Waals surface area contributed by atoms with E-state index in [4.69, 9.17) is 10.9 Å². The Labute approximate surface area is 126 Å². The summed E-state index contributed by atoms with van der Waals surface area (Å²) in [7, 11) is 2.02. The maximum atomic E-state index is 8.69. The number of hydrogen-bond acceptors (Lipinski definition) is 3. The van der Waals surface area contributed by atoms with Crippen LogP contribution in [-0.2, 0) is 6.54 Å². The normalized spacial score (nSPS) is 11.4. The summed E-state index contributed by atoms with van der Waals surface area (Å²) >= 11 is 3.52. The van der Waals surface area contributed by atoms with Crippen LogP contribution in [0.4, 0.5) is 5.69 Å². The molecule has 0 aliphatic carbocycles. The molecule has 2 rings (SSSR count). The highest BCUT2D eigenvalue weighted by molar-refractivity contribution is 9.10. The van der Waals surface area contributed by atoms with Gasteiger partial charge in [0.05, 0.1) is 5.69 Å². The average Bonchev–Trinajstić information content (AvgIpc) is 2.47. The molecule has 20 heavy (non-hydrogen) atoms. The molecule has 0 saturated heterocycles. The molecule has 0 atom stereocenters.